The quantitative estimate of drug-likeness (QED) is 0.234. The van der Waals surface area contributed by atoms with Crippen molar-refractivity contribution in [3.63, 3.8) is 0 Å². The van der Waals surface area contributed by atoms with Gasteiger partial charge in [-0.1, -0.05) is 57.2 Å². The Kier molecular flexibility index (Phi) is 7.88. The first-order valence-electron chi connectivity index (χ1n) is 13.7. The highest BCUT2D eigenvalue weighted by molar-refractivity contribution is 5.97. The fourth-order valence-corrected chi connectivity index (χ4v) is 4.67. The maximum atomic E-state index is 13.1. The molecule has 8 heteroatoms. The smallest absolute Gasteiger partial charge is 0.251 e. The number of phenolic OH excluding ortho intramolecular Hbond substituents is 1. The van der Waals surface area contributed by atoms with Gasteiger partial charge < -0.3 is 16.2 Å². The van der Waals surface area contributed by atoms with Crippen molar-refractivity contribution in [1.29, 1.82) is 0 Å². The number of hydrogen-bond donors (Lipinski definition) is 3. The number of nitrogens with zero attached hydrogens (tertiary/aromatic N) is 3. The van der Waals surface area contributed by atoms with Crippen LogP contribution in [0.25, 0.3) is 28.2 Å². The third-order valence-electron chi connectivity index (χ3n) is 7.11. The van der Waals surface area contributed by atoms with Crippen molar-refractivity contribution >= 4 is 11.8 Å². The van der Waals surface area contributed by atoms with Crippen molar-refractivity contribution in [2.45, 2.75) is 38.6 Å². The number of nitrogens with one attached hydrogen (secondary N) is 1. The maximum absolute atomic E-state index is 13.1. The van der Waals surface area contributed by atoms with Crippen molar-refractivity contribution in [1.82, 2.24) is 20.1 Å². The number of aromatic hydroxyl groups is 1. The summed E-state index contributed by atoms with van der Waals surface area (Å²) in [6.07, 6.45) is 3.72. The van der Waals surface area contributed by atoms with Gasteiger partial charge in [0.05, 0.1) is 17.1 Å². The first kappa shape index (κ1) is 28.3. The van der Waals surface area contributed by atoms with E-state index in [1.54, 1.807) is 36.7 Å². The van der Waals surface area contributed by atoms with Crippen molar-refractivity contribution < 1.29 is 14.7 Å². The highest BCUT2D eigenvalue weighted by Gasteiger charge is 2.21. The summed E-state index contributed by atoms with van der Waals surface area (Å²) in [7, 11) is 0. The van der Waals surface area contributed by atoms with Crippen LogP contribution in [0.5, 0.6) is 5.75 Å². The Morgan fingerprint density at radius 3 is 2.21 bits per heavy atom. The number of benzene rings is 3. The molecule has 0 aliphatic heterocycles. The summed E-state index contributed by atoms with van der Waals surface area (Å²) in [5.41, 5.74) is 12.3. The molecule has 0 aliphatic carbocycles. The van der Waals surface area contributed by atoms with Gasteiger partial charge in [-0.05, 0) is 71.1 Å². The molecule has 0 saturated carbocycles. The van der Waals surface area contributed by atoms with E-state index in [1.165, 1.54) is 17.7 Å². The van der Waals surface area contributed by atoms with E-state index in [0.29, 0.717) is 5.56 Å². The first-order chi connectivity index (χ1) is 20.1. The number of amides is 2. The summed E-state index contributed by atoms with van der Waals surface area (Å²) in [6, 6.07) is 26.9. The minimum atomic E-state index is -0.902. The third-order valence-corrected chi connectivity index (χ3v) is 7.11. The van der Waals surface area contributed by atoms with Gasteiger partial charge in [-0.2, -0.15) is 5.10 Å². The van der Waals surface area contributed by atoms with Crippen LogP contribution in [0.3, 0.4) is 0 Å². The zero-order valence-corrected chi connectivity index (χ0v) is 23.8. The second kappa shape index (κ2) is 11.7. The van der Waals surface area contributed by atoms with Crippen LogP contribution in [0.2, 0.25) is 0 Å². The molecule has 5 rings (SSSR count). The molecule has 0 spiro atoms. The van der Waals surface area contributed by atoms with Crippen LogP contribution >= 0.6 is 0 Å². The predicted octanol–water partition coefficient (Wildman–Crippen LogP) is 5.43. The van der Waals surface area contributed by atoms with Gasteiger partial charge in [-0.15, -0.1) is 0 Å². The van der Waals surface area contributed by atoms with Crippen LogP contribution < -0.4 is 11.1 Å². The fourth-order valence-electron chi connectivity index (χ4n) is 4.67. The van der Waals surface area contributed by atoms with E-state index in [-0.39, 0.29) is 17.6 Å². The molecular weight excluding hydrogens is 526 g/mol. The molecule has 0 saturated heterocycles. The summed E-state index contributed by atoms with van der Waals surface area (Å²) in [6.45, 7) is 6.54. The first-order valence-corrected chi connectivity index (χ1v) is 13.7. The highest BCUT2D eigenvalue weighted by Crippen LogP contribution is 2.30. The number of hydrogen-bond acceptors (Lipinski definition) is 5. The van der Waals surface area contributed by atoms with Gasteiger partial charge in [0.25, 0.3) is 5.91 Å². The second-order valence-corrected chi connectivity index (χ2v) is 11.2. The minimum absolute atomic E-state index is 0.0281. The molecule has 0 radical (unpaired) electrons. The van der Waals surface area contributed by atoms with Crippen molar-refractivity contribution in [2.24, 2.45) is 5.73 Å². The molecule has 0 fully saturated rings. The Labute approximate surface area is 244 Å². The Morgan fingerprint density at radius 2 is 1.62 bits per heavy atom. The van der Waals surface area contributed by atoms with E-state index in [2.05, 4.69) is 55.3 Å². The summed E-state index contributed by atoms with van der Waals surface area (Å²) in [4.78, 5) is 29.4. The van der Waals surface area contributed by atoms with Crippen LogP contribution in [0.1, 0.15) is 42.3 Å². The van der Waals surface area contributed by atoms with Crippen LogP contribution in [-0.4, -0.2) is 37.7 Å². The lowest BCUT2D eigenvalue weighted by Crippen LogP contribution is -2.45. The van der Waals surface area contributed by atoms with Gasteiger partial charge in [0.2, 0.25) is 5.91 Å². The van der Waals surface area contributed by atoms with Crippen LogP contribution in [-0.2, 0) is 16.6 Å². The molecule has 2 amide bonds. The fraction of sp³-hybridized carbons (Fsp3) is 0.176. The van der Waals surface area contributed by atoms with E-state index in [4.69, 9.17) is 10.8 Å². The Bertz CT molecular complexity index is 1690. The molecule has 42 heavy (non-hydrogen) atoms. The largest absolute Gasteiger partial charge is 0.508 e. The molecule has 2 aromatic heterocycles. The molecule has 212 valence electrons. The average Bonchev–Trinajstić information content (AvgIpc) is 3.44. The van der Waals surface area contributed by atoms with Crippen molar-refractivity contribution in [2.75, 3.05) is 0 Å². The number of pyridine rings is 1. The Balaban J connectivity index is 1.42. The topological polar surface area (TPSA) is 123 Å². The molecule has 1 atom stereocenters. The number of phenols is 1. The van der Waals surface area contributed by atoms with Gasteiger partial charge in [0.15, 0.2) is 0 Å². The summed E-state index contributed by atoms with van der Waals surface area (Å²) in [5.74, 6) is -0.932. The van der Waals surface area contributed by atoms with E-state index in [1.807, 2.05) is 35.0 Å². The average molecular weight is 560 g/mol. The Morgan fingerprint density at radius 1 is 0.929 bits per heavy atom. The van der Waals surface area contributed by atoms with Crippen molar-refractivity contribution in [3.05, 3.63) is 120 Å². The van der Waals surface area contributed by atoms with Crippen LogP contribution in [0.15, 0.2) is 103 Å². The number of carbonyl (C=O) groups excluding carboxylic acids is 2. The molecule has 2 heterocycles. The lowest BCUT2D eigenvalue weighted by atomic mass is 9.87. The van der Waals surface area contributed by atoms with E-state index >= 15 is 0 Å². The molecule has 0 aliphatic rings. The molecule has 4 N–H and O–H groups in total. The number of primary amides is 1. The number of aromatic nitrogens is 3. The maximum Gasteiger partial charge on any atom is 0.251 e. The van der Waals surface area contributed by atoms with Crippen LogP contribution in [0.4, 0.5) is 0 Å². The summed E-state index contributed by atoms with van der Waals surface area (Å²) in [5, 5.41) is 17.2. The molecule has 3 aromatic carbocycles. The highest BCUT2D eigenvalue weighted by atomic mass is 16.3. The van der Waals surface area contributed by atoms with E-state index in [0.717, 1.165) is 33.8 Å². The third kappa shape index (κ3) is 6.39. The normalized spacial score (nSPS) is 12.1. The molecule has 8 nitrogen and oxygen atoms in total. The number of nitrogens with two attached hydrogens (primary N) is 1. The summed E-state index contributed by atoms with van der Waals surface area (Å²) >= 11 is 0. The predicted molar refractivity (Wildman–Crippen MR) is 163 cm³/mol. The molecule has 5 aromatic rings. The lowest BCUT2D eigenvalue weighted by molar-refractivity contribution is -0.119. The van der Waals surface area contributed by atoms with Gasteiger partial charge >= 0.3 is 0 Å². The number of carbonyl (C=O) groups is 2. The monoisotopic (exact) mass is 559 g/mol. The zero-order chi connectivity index (χ0) is 29.9. The minimum Gasteiger partial charge on any atom is -0.508 e. The zero-order valence-electron chi connectivity index (χ0n) is 23.8. The van der Waals surface area contributed by atoms with Crippen molar-refractivity contribution in [3.8, 4) is 34.0 Å². The number of rotatable bonds is 8. The lowest BCUT2D eigenvalue weighted by Gasteiger charge is -2.19. The van der Waals surface area contributed by atoms with Gasteiger partial charge in [-0.3, -0.25) is 14.6 Å². The SMILES string of the molecule is CC(C)(C)c1ccc(-n2nc(-c3cccnc3)cc2-c2ccc(C(=O)N[C@@H](Cc3ccc(O)cc3)C(N)=O)cc2)cc1. The molecule has 0 bridgehead atoms. The van der Waals surface area contributed by atoms with E-state index in [9.17, 15) is 14.7 Å². The van der Waals surface area contributed by atoms with Gasteiger partial charge in [0.1, 0.15) is 11.8 Å². The van der Waals surface area contributed by atoms with Gasteiger partial charge in [0, 0.05) is 35.5 Å². The van der Waals surface area contributed by atoms with Crippen LogP contribution in [0, 0.1) is 0 Å². The molecular formula is C34H33N5O3. The standard InChI is InChI=1S/C34H33N5O3/c1-34(2,3)26-12-14-27(15-13-26)39-31(20-29(38-39)25-5-4-18-36-21-25)23-8-10-24(11-9-23)33(42)37-30(32(35)41)19-22-6-16-28(40)17-7-22/h4-18,20-21,30,40H,19H2,1-3H3,(H2,35,41)(H,37,42)/t30-/m0/s1. The Hall–Kier alpha value is -5.24. The second-order valence-electron chi connectivity index (χ2n) is 11.2. The van der Waals surface area contributed by atoms with E-state index < -0.39 is 17.9 Å². The summed E-state index contributed by atoms with van der Waals surface area (Å²) < 4.78 is 1.89. The van der Waals surface area contributed by atoms with Gasteiger partial charge in [-0.25, -0.2) is 4.68 Å². The molecule has 0 unspecified atom stereocenters.